The number of hydrogen-bond acceptors (Lipinski definition) is 2. The molecule has 3 aromatic rings. The second-order valence-electron chi connectivity index (χ2n) is 5.12. The number of benzene rings is 2. The topological polar surface area (TPSA) is 57.8 Å². The van der Waals surface area contributed by atoms with E-state index in [4.69, 9.17) is 0 Å². The Hall–Kier alpha value is -2.83. The third-order valence-electron chi connectivity index (χ3n) is 3.52. The lowest BCUT2D eigenvalue weighted by Crippen LogP contribution is -2.14. The standard InChI is InChI=1S/C16H12F3N3O/c1-9-5-6-11(7-13(9)16(17,18)19)21-15(23)12-4-2-3-10-8-20-22-14(10)12/h2-8H,1H3,(H,20,22)(H,21,23). The third kappa shape index (κ3) is 2.90. The van der Waals surface area contributed by atoms with Gasteiger partial charge in [0.15, 0.2) is 0 Å². The zero-order valence-corrected chi connectivity index (χ0v) is 12.0. The Labute approximate surface area is 129 Å². The first-order valence-electron chi connectivity index (χ1n) is 6.77. The number of nitrogens with zero attached hydrogens (tertiary/aromatic N) is 1. The van der Waals surface area contributed by atoms with Gasteiger partial charge < -0.3 is 5.32 Å². The first-order valence-corrected chi connectivity index (χ1v) is 6.77. The van der Waals surface area contributed by atoms with Gasteiger partial charge in [0.05, 0.1) is 22.8 Å². The van der Waals surface area contributed by atoms with Crippen LogP contribution in [0.25, 0.3) is 10.9 Å². The summed E-state index contributed by atoms with van der Waals surface area (Å²) < 4.78 is 38.8. The Balaban J connectivity index is 1.93. The lowest BCUT2D eigenvalue weighted by molar-refractivity contribution is -0.138. The van der Waals surface area contributed by atoms with Gasteiger partial charge in [0, 0.05) is 11.1 Å². The Kier molecular flexibility index (Phi) is 3.55. The van der Waals surface area contributed by atoms with Crippen LogP contribution in [0.4, 0.5) is 18.9 Å². The van der Waals surface area contributed by atoms with E-state index in [1.165, 1.54) is 19.1 Å². The van der Waals surface area contributed by atoms with E-state index in [1.807, 2.05) is 0 Å². The lowest BCUT2D eigenvalue weighted by Gasteiger charge is -2.13. The molecule has 2 aromatic carbocycles. The van der Waals surface area contributed by atoms with Crippen molar-refractivity contribution in [2.24, 2.45) is 0 Å². The van der Waals surface area contributed by atoms with Crippen LogP contribution < -0.4 is 5.32 Å². The van der Waals surface area contributed by atoms with Crippen LogP contribution in [0.2, 0.25) is 0 Å². The van der Waals surface area contributed by atoms with Crippen molar-refractivity contribution in [2.75, 3.05) is 5.32 Å². The SMILES string of the molecule is Cc1ccc(NC(=O)c2cccc3cn[nH]c23)cc1C(F)(F)F. The number of rotatable bonds is 2. The number of fused-ring (bicyclic) bond motifs is 1. The molecule has 23 heavy (non-hydrogen) atoms. The second-order valence-corrected chi connectivity index (χ2v) is 5.12. The summed E-state index contributed by atoms with van der Waals surface area (Å²) in [4.78, 5) is 12.3. The van der Waals surface area contributed by atoms with Crippen LogP contribution in [0.15, 0.2) is 42.6 Å². The summed E-state index contributed by atoms with van der Waals surface area (Å²) in [5, 5.41) is 9.81. The molecule has 0 bridgehead atoms. The minimum Gasteiger partial charge on any atom is -0.322 e. The van der Waals surface area contributed by atoms with Gasteiger partial charge in [-0.1, -0.05) is 18.2 Å². The van der Waals surface area contributed by atoms with Crippen molar-refractivity contribution in [3.63, 3.8) is 0 Å². The fourth-order valence-electron chi connectivity index (χ4n) is 2.36. The Morgan fingerprint density at radius 2 is 2.00 bits per heavy atom. The Bertz CT molecular complexity index is 884. The fourth-order valence-corrected chi connectivity index (χ4v) is 2.36. The number of aromatic amines is 1. The van der Waals surface area contributed by atoms with Gasteiger partial charge in [-0.05, 0) is 30.7 Å². The molecule has 0 spiro atoms. The number of aromatic nitrogens is 2. The molecule has 0 radical (unpaired) electrons. The van der Waals surface area contributed by atoms with E-state index in [1.54, 1.807) is 24.4 Å². The molecule has 7 heteroatoms. The highest BCUT2D eigenvalue weighted by Crippen LogP contribution is 2.33. The van der Waals surface area contributed by atoms with Crippen LogP contribution in [-0.4, -0.2) is 16.1 Å². The summed E-state index contributed by atoms with van der Waals surface area (Å²) in [5.74, 6) is -0.503. The molecule has 0 aliphatic rings. The minimum absolute atomic E-state index is 0.0874. The zero-order chi connectivity index (χ0) is 16.6. The number of carbonyl (C=O) groups is 1. The number of anilines is 1. The van der Waals surface area contributed by atoms with Gasteiger partial charge in [0.2, 0.25) is 0 Å². The molecule has 0 aliphatic heterocycles. The number of hydrogen-bond donors (Lipinski definition) is 2. The predicted octanol–water partition coefficient (Wildman–Crippen LogP) is 4.14. The number of para-hydroxylation sites is 1. The number of H-pyrrole nitrogens is 1. The molecule has 0 unspecified atom stereocenters. The van der Waals surface area contributed by atoms with E-state index in [0.29, 0.717) is 11.1 Å². The average molecular weight is 319 g/mol. The van der Waals surface area contributed by atoms with Crippen LogP contribution in [0.1, 0.15) is 21.5 Å². The fraction of sp³-hybridized carbons (Fsp3) is 0.125. The first-order chi connectivity index (χ1) is 10.9. The monoisotopic (exact) mass is 319 g/mol. The molecular weight excluding hydrogens is 307 g/mol. The van der Waals surface area contributed by atoms with Gasteiger partial charge in [0.1, 0.15) is 0 Å². The van der Waals surface area contributed by atoms with E-state index in [9.17, 15) is 18.0 Å². The molecule has 0 atom stereocenters. The van der Waals surface area contributed by atoms with Crippen LogP contribution in [0.3, 0.4) is 0 Å². The molecule has 4 nitrogen and oxygen atoms in total. The normalized spacial score (nSPS) is 11.7. The van der Waals surface area contributed by atoms with Gasteiger partial charge in [-0.15, -0.1) is 0 Å². The molecule has 2 N–H and O–H groups in total. The van der Waals surface area contributed by atoms with Crippen molar-refractivity contribution >= 4 is 22.5 Å². The Morgan fingerprint density at radius 3 is 2.74 bits per heavy atom. The summed E-state index contributed by atoms with van der Waals surface area (Å²) >= 11 is 0. The summed E-state index contributed by atoms with van der Waals surface area (Å²) in [5.41, 5.74) is 0.271. The van der Waals surface area contributed by atoms with Crippen molar-refractivity contribution in [2.45, 2.75) is 13.1 Å². The maximum Gasteiger partial charge on any atom is 0.416 e. The summed E-state index contributed by atoms with van der Waals surface area (Å²) in [6.07, 6.45) is -2.89. The zero-order valence-electron chi connectivity index (χ0n) is 12.0. The lowest BCUT2D eigenvalue weighted by atomic mass is 10.1. The summed E-state index contributed by atoms with van der Waals surface area (Å²) in [6.45, 7) is 1.37. The van der Waals surface area contributed by atoms with Crippen LogP contribution >= 0.6 is 0 Å². The molecule has 3 rings (SSSR count). The van der Waals surface area contributed by atoms with E-state index in [2.05, 4.69) is 15.5 Å². The van der Waals surface area contributed by atoms with Crippen molar-refractivity contribution in [3.05, 3.63) is 59.3 Å². The summed E-state index contributed by atoms with van der Waals surface area (Å²) in [7, 11) is 0. The highest BCUT2D eigenvalue weighted by molar-refractivity contribution is 6.11. The molecule has 118 valence electrons. The molecule has 1 heterocycles. The number of alkyl halides is 3. The average Bonchev–Trinajstić information content (AvgIpc) is 2.96. The largest absolute Gasteiger partial charge is 0.416 e. The van der Waals surface area contributed by atoms with Crippen molar-refractivity contribution in [1.82, 2.24) is 10.2 Å². The molecule has 1 aromatic heterocycles. The second kappa shape index (κ2) is 5.42. The van der Waals surface area contributed by atoms with Gasteiger partial charge in [-0.2, -0.15) is 18.3 Å². The van der Waals surface area contributed by atoms with Crippen LogP contribution in [0, 0.1) is 6.92 Å². The van der Waals surface area contributed by atoms with Gasteiger partial charge in [-0.25, -0.2) is 0 Å². The van der Waals surface area contributed by atoms with E-state index in [0.717, 1.165) is 11.5 Å². The van der Waals surface area contributed by atoms with Crippen molar-refractivity contribution < 1.29 is 18.0 Å². The number of nitrogens with one attached hydrogen (secondary N) is 2. The smallest absolute Gasteiger partial charge is 0.322 e. The van der Waals surface area contributed by atoms with E-state index in [-0.39, 0.29) is 11.3 Å². The maximum absolute atomic E-state index is 12.9. The molecule has 0 aliphatic carbocycles. The molecule has 0 saturated carbocycles. The van der Waals surface area contributed by atoms with E-state index >= 15 is 0 Å². The molecule has 0 saturated heterocycles. The molecule has 1 amide bonds. The maximum atomic E-state index is 12.9. The van der Waals surface area contributed by atoms with Gasteiger partial charge >= 0.3 is 6.18 Å². The van der Waals surface area contributed by atoms with Gasteiger partial charge in [-0.3, -0.25) is 9.89 Å². The molecule has 0 fully saturated rings. The van der Waals surface area contributed by atoms with E-state index < -0.39 is 17.6 Å². The van der Waals surface area contributed by atoms with Crippen molar-refractivity contribution in [3.8, 4) is 0 Å². The first kappa shape index (κ1) is 15.1. The quantitative estimate of drug-likeness (QED) is 0.746. The summed E-state index contributed by atoms with van der Waals surface area (Å²) in [6, 6.07) is 8.74. The number of halogens is 3. The molecular formula is C16H12F3N3O. The van der Waals surface area contributed by atoms with Crippen molar-refractivity contribution in [1.29, 1.82) is 0 Å². The highest BCUT2D eigenvalue weighted by Gasteiger charge is 2.32. The van der Waals surface area contributed by atoms with Crippen LogP contribution in [0.5, 0.6) is 0 Å². The number of amides is 1. The third-order valence-corrected chi connectivity index (χ3v) is 3.52. The number of carbonyl (C=O) groups excluding carboxylic acids is 1. The minimum atomic E-state index is -4.46. The van der Waals surface area contributed by atoms with Crippen LogP contribution in [-0.2, 0) is 6.18 Å². The highest BCUT2D eigenvalue weighted by atomic mass is 19.4. The Morgan fingerprint density at radius 1 is 1.22 bits per heavy atom. The number of aryl methyl sites for hydroxylation is 1. The van der Waals surface area contributed by atoms with Gasteiger partial charge in [0.25, 0.3) is 5.91 Å². The predicted molar refractivity (Wildman–Crippen MR) is 80.2 cm³/mol.